The Labute approximate surface area is 164 Å². The number of unbranched alkanes of at least 4 members (excludes halogenated alkanes) is 14. The van der Waals surface area contributed by atoms with E-state index in [1.165, 1.54) is 89.9 Å². The molecule has 0 heterocycles. The van der Waals surface area contributed by atoms with Crippen molar-refractivity contribution in [1.29, 1.82) is 0 Å². The van der Waals surface area contributed by atoms with Gasteiger partial charge in [0.25, 0.3) is 0 Å². The summed E-state index contributed by atoms with van der Waals surface area (Å²) in [5.41, 5.74) is 0. The lowest BCUT2D eigenvalue weighted by Crippen LogP contribution is -2.47. The Morgan fingerprint density at radius 1 is 0.500 bits per heavy atom. The highest BCUT2D eigenvalue weighted by Gasteiger charge is 2.42. The molecule has 0 fully saturated rings. The molecule has 0 unspecified atom stereocenters. The van der Waals surface area contributed by atoms with Crippen molar-refractivity contribution in [3.8, 4) is 0 Å². The summed E-state index contributed by atoms with van der Waals surface area (Å²) in [6, 6.07) is 0. The Morgan fingerprint density at radius 2 is 0.885 bits per heavy atom. The molecular formula is C21H46O4Si. The van der Waals surface area contributed by atoms with Gasteiger partial charge in [-0.15, -0.1) is 0 Å². The van der Waals surface area contributed by atoms with Gasteiger partial charge in [-0.2, -0.15) is 0 Å². The van der Waals surface area contributed by atoms with E-state index < -0.39 is 9.05 Å². The zero-order valence-electron chi connectivity index (χ0n) is 18.2. The van der Waals surface area contributed by atoms with Crippen molar-refractivity contribution in [1.82, 2.24) is 0 Å². The summed E-state index contributed by atoms with van der Waals surface area (Å²) in [5.74, 6) is 0. The molecule has 0 aliphatic carbocycles. The molecule has 5 heteroatoms. The van der Waals surface area contributed by atoms with Gasteiger partial charge < -0.3 is 17.7 Å². The molecular weight excluding hydrogens is 344 g/mol. The highest BCUT2D eigenvalue weighted by molar-refractivity contribution is 6.53. The summed E-state index contributed by atoms with van der Waals surface area (Å²) < 4.78 is 21.9. The molecule has 0 saturated heterocycles. The van der Waals surface area contributed by atoms with Gasteiger partial charge in [-0.3, -0.25) is 0 Å². The third kappa shape index (κ3) is 15.1. The lowest BCUT2D eigenvalue weighted by Gasteiger charge is -2.24. The van der Waals surface area contributed by atoms with Crippen LogP contribution in [0.4, 0.5) is 0 Å². The highest BCUT2D eigenvalue weighted by atomic mass is 28.4. The van der Waals surface area contributed by atoms with Crippen molar-refractivity contribution < 1.29 is 17.7 Å². The fraction of sp³-hybridized carbons (Fsp3) is 1.00. The van der Waals surface area contributed by atoms with E-state index in [1.54, 1.807) is 14.2 Å². The van der Waals surface area contributed by atoms with Gasteiger partial charge in [0.2, 0.25) is 0 Å². The summed E-state index contributed by atoms with van der Waals surface area (Å²) in [7, 11) is 0.340. The van der Waals surface area contributed by atoms with Gasteiger partial charge in [-0.25, -0.2) is 0 Å². The molecule has 0 amide bonds. The lowest BCUT2D eigenvalue weighted by molar-refractivity contribution is -0.00671. The molecule has 0 aromatic rings. The Bertz CT molecular complexity index is 273. The summed E-state index contributed by atoms with van der Waals surface area (Å²) in [6.45, 7) is 5.42. The van der Waals surface area contributed by atoms with Crippen molar-refractivity contribution in [3.05, 3.63) is 0 Å². The molecule has 158 valence electrons. The summed E-state index contributed by atoms with van der Waals surface area (Å²) >= 11 is 0. The predicted molar refractivity (Wildman–Crippen MR) is 112 cm³/mol. The van der Waals surface area contributed by atoms with Crippen LogP contribution < -0.4 is 0 Å². The van der Waals surface area contributed by atoms with Crippen LogP contribution in [0, 0.1) is 0 Å². The second-order valence-electron chi connectivity index (χ2n) is 7.14. The monoisotopic (exact) mass is 390 g/mol. The largest absolute Gasteiger partial charge is 0.679 e. The normalized spacial score (nSPS) is 12.0. The lowest BCUT2D eigenvalue weighted by atomic mass is 10.0. The van der Waals surface area contributed by atoms with E-state index in [-0.39, 0.29) is 0 Å². The van der Waals surface area contributed by atoms with Crippen LogP contribution in [-0.2, 0) is 17.7 Å². The van der Waals surface area contributed by atoms with Crippen molar-refractivity contribution in [2.75, 3.05) is 27.4 Å². The van der Waals surface area contributed by atoms with E-state index >= 15 is 0 Å². The molecule has 0 aliphatic rings. The molecule has 0 radical (unpaired) electrons. The maximum atomic E-state index is 5.75. The summed E-state index contributed by atoms with van der Waals surface area (Å²) in [5, 5.41) is 0. The van der Waals surface area contributed by atoms with Gasteiger partial charge in [-0.1, -0.05) is 96.8 Å². The number of hydrogen-bond donors (Lipinski definition) is 0. The molecule has 0 bridgehead atoms. The van der Waals surface area contributed by atoms with E-state index in [4.69, 9.17) is 17.7 Å². The van der Waals surface area contributed by atoms with Gasteiger partial charge in [-0.05, 0) is 13.3 Å². The molecule has 0 aliphatic heterocycles. The Morgan fingerprint density at radius 3 is 1.23 bits per heavy atom. The first-order valence-corrected chi connectivity index (χ1v) is 12.8. The van der Waals surface area contributed by atoms with Crippen LogP contribution in [0.25, 0.3) is 0 Å². The molecule has 0 aromatic carbocycles. The third-order valence-corrected chi connectivity index (χ3v) is 7.05. The Hall–Kier alpha value is 0.0569. The zero-order valence-corrected chi connectivity index (χ0v) is 19.2. The van der Waals surface area contributed by atoms with E-state index in [9.17, 15) is 0 Å². The summed E-state index contributed by atoms with van der Waals surface area (Å²) in [6.07, 6.45) is 20.5. The molecule has 0 aromatic heterocycles. The van der Waals surface area contributed by atoms with Crippen molar-refractivity contribution in [2.24, 2.45) is 0 Å². The van der Waals surface area contributed by atoms with Gasteiger partial charge in [0.1, 0.15) is 0 Å². The third-order valence-electron chi connectivity index (χ3n) is 4.85. The maximum absolute atomic E-state index is 5.75. The molecule has 0 saturated carbocycles. The average Bonchev–Trinajstić information content (AvgIpc) is 2.66. The summed E-state index contributed by atoms with van der Waals surface area (Å²) in [4.78, 5) is 0. The first kappa shape index (κ1) is 26.1. The van der Waals surface area contributed by atoms with Crippen LogP contribution in [0.15, 0.2) is 0 Å². The van der Waals surface area contributed by atoms with Crippen LogP contribution in [0.2, 0.25) is 0 Å². The fourth-order valence-corrected chi connectivity index (χ4v) is 4.68. The predicted octanol–water partition coefficient (Wildman–Crippen LogP) is 6.64. The quantitative estimate of drug-likeness (QED) is 0.163. The van der Waals surface area contributed by atoms with Crippen LogP contribution in [0.1, 0.15) is 110 Å². The van der Waals surface area contributed by atoms with Crippen LogP contribution in [0.3, 0.4) is 0 Å². The van der Waals surface area contributed by atoms with E-state index in [0.29, 0.717) is 13.2 Å². The minimum atomic E-state index is -2.85. The van der Waals surface area contributed by atoms with Crippen molar-refractivity contribution >= 4 is 9.05 Å². The minimum Gasteiger partial charge on any atom is -0.355 e. The van der Waals surface area contributed by atoms with Crippen LogP contribution in [-0.4, -0.2) is 36.5 Å². The molecule has 4 nitrogen and oxygen atoms in total. The highest BCUT2D eigenvalue weighted by Crippen LogP contribution is 2.14. The topological polar surface area (TPSA) is 36.9 Å². The zero-order chi connectivity index (χ0) is 19.3. The van der Waals surface area contributed by atoms with Crippen LogP contribution >= 0.6 is 0 Å². The number of rotatable bonds is 21. The standard InChI is InChI=1S/C21H46O4Si/c1-5-7-8-9-10-11-12-13-14-15-16-17-18-19-20-21-25-26(22-3,23-4)24-6-2/h5-21H2,1-4H3. The van der Waals surface area contributed by atoms with Crippen LogP contribution in [0.5, 0.6) is 0 Å². The maximum Gasteiger partial charge on any atom is 0.679 e. The van der Waals surface area contributed by atoms with E-state index in [0.717, 1.165) is 6.42 Å². The van der Waals surface area contributed by atoms with Crippen molar-refractivity contribution in [2.45, 2.75) is 110 Å². The Balaban J connectivity index is 3.29. The Kier molecular flexibility index (Phi) is 19.9. The second kappa shape index (κ2) is 19.8. The van der Waals surface area contributed by atoms with E-state index in [2.05, 4.69) is 6.92 Å². The molecule has 0 rings (SSSR count). The smallest absolute Gasteiger partial charge is 0.355 e. The van der Waals surface area contributed by atoms with Crippen molar-refractivity contribution in [3.63, 3.8) is 0 Å². The fourth-order valence-electron chi connectivity index (χ4n) is 3.21. The average molecular weight is 391 g/mol. The second-order valence-corrected chi connectivity index (χ2v) is 9.53. The minimum absolute atomic E-state index is 0.548. The van der Waals surface area contributed by atoms with Gasteiger partial charge in [0.15, 0.2) is 0 Å². The first-order chi connectivity index (χ1) is 12.7. The molecule has 0 spiro atoms. The SMILES string of the molecule is CCCCCCCCCCCCCCCCCO[Si](OC)(OC)OCC. The first-order valence-electron chi connectivity index (χ1n) is 11.1. The van der Waals surface area contributed by atoms with E-state index in [1.807, 2.05) is 6.92 Å². The van der Waals surface area contributed by atoms with Gasteiger partial charge in [0, 0.05) is 27.4 Å². The molecule has 0 N–H and O–H groups in total. The number of hydrogen-bond acceptors (Lipinski definition) is 4. The van der Waals surface area contributed by atoms with Gasteiger partial charge in [0.05, 0.1) is 0 Å². The van der Waals surface area contributed by atoms with Gasteiger partial charge >= 0.3 is 9.05 Å². The molecule has 0 atom stereocenters. The molecule has 26 heavy (non-hydrogen) atoms.